The first-order valence-corrected chi connectivity index (χ1v) is 4.07. The first-order chi connectivity index (χ1) is 5.85. The lowest BCUT2D eigenvalue weighted by molar-refractivity contribution is -0.871. The third-order valence-electron chi connectivity index (χ3n) is 1.49. The molecule has 0 aliphatic carbocycles. The highest BCUT2D eigenvalue weighted by Gasteiger charge is 2.19. The van der Waals surface area contributed by atoms with Gasteiger partial charge in [0, 0.05) is 0 Å². The second kappa shape index (κ2) is 4.81. The van der Waals surface area contributed by atoms with Gasteiger partial charge in [0.05, 0.1) is 40.2 Å². The Kier molecular flexibility index (Phi) is 4.40. The third-order valence-corrected chi connectivity index (χ3v) is 1.49. The summed E-state index contributed by atoms with van der Waals surface area (Å²) in [5.41, 5.74) is 0. The van der Waals surface area contributed by atoms with Gasteiger partial charge in [-0.3, -0.25) is 9.59 Å². The average molecular weight is 189 g/mol. The van der Waals surface area contributed by atoms with E-state index in [2.05, 4.69) is 5.32 Å². The van der Waals surface area contributed by atoms with Gasteiger partial charge in [0.25, 0.3) is 0 Å². The van der Waals surface area contributed by atoms with E-state index in [4.69, 9.17) is 5.11 Å². The van der Waals surface area contributed by atoms with Crippen molar-refractivity contribution in [3.05, 3.63) is 0 Å². The molecule has 0 aliphatic heterocycles. The molecule has 0 spiro atoms. The van der Waals surface area contributed by atoms with Crippen molar-refractivity contribution in [2.45, 2.75) is 12.5 Å². The van der Waals surface area contributed by atoms with Gasteiger partial charge < -0.3 is 14.9 Å². The fourth-order valence-electron chi connectivity index (χ4n) is 1.14. The Morgan fingerprint density at radius 2 is 2.08 bits per heavy atom. The molecule has 0 unspecified atom stereocenters. The van der Waals surface area contributed by atoms with Gasteiger partial charge in [-0.05, 0) is 0 Å². The molecule has 1 atom stereocenters. The summed E-state index contributed by atoms with van der Waals surface area (Å²) in [4.78, 5) is 20.6. The lowest BCUT2D eigenvalue weighted by Crippen LogP contribution is -2.47. The number of aliphatic carboxylic acids is 1. The van der Waals surface area contributed by atoms with E-state index < -0.39 is 5.97 Å². The van der Waals surface area contributed by atoms with Crippen LogP contribution in [0, 0.1) is 0 Å². The maximum Gasteiger partial charge on any atom is 0.305 e. The Bertz CT molecular complexity index is 186. The van der Waals surface area contributed by atoms with Crippen molar-refractivity contribution >= 4 is 12.4 Å². The lowest BCUT2D eigenvalue weighted by atomic mass is 10.2. The molecule has 0 heterocycles. The number of likely N-dealkylation sites (N-methyl/N-ethyl adjacent to an activating group) is 1. The van der Waals surface area contributed by atoms with Gasteiger partial charge in [0.15, 0.2) is 0 Å². The average Bonchev–Trinajstić information content (AvgIpc) is 1.81. The normalized spacial score (nSPS) is 13.5. The number of rotatable bonds is 6. The highest BCUT2D eigenvalue weighted by atomic mass is 16.4. The Hall–Kier alpha value is -1.10. The number of carboxylic acid groups (broad SMARTS) is 1. The number of carbonyl (C=O) groups is 2. The Morgan fingerprint density at radius 1 is 1.54 bits per heavy atom. The molecule has 13 heavy (non-hydrogen) atoms. The van der Waals surface area contributed by atoms with E-state index >= 15 is 0 Å². The molecule has 0 fully saturated rings. The molecule has 0 aromatic rings. The monoisotopic (exact) mass is 189 g/mol. The minimum Gasteiger partial charge on any atom is -0.481 e. The summed E-state index contributed by atoms with van der Waals surface area (Å²) in [6.07, 6.45) is 0.511. The second-order valence-corrected chi connectivity index (χ2v) is 4.05. The minimum atomic E-state index is -0.896. The summed E-state index contributed by atoms with van der Waals surface area (Å²) in [5, 5.41) is 11.0. The van der Waals surface area contributed by atoms with Crippen LogP contribution < -0.4 is 5.32 Å². The molecular formula is C8H17N2O3+. The van der Waals surface area contributed by atoms with Crippen LogP contribution >= 0.6 is 0 Å². The van der Waals surface area contributed by atoms with Crippen molar-refractivity contribution < 1.29 is 19.2 Å². The third kappa shape index (κ3) is 7.27. The Balaban J connectivity index is 4.09. The molecule has 0 saturated carbocycles. The summed E-state index contributed by atoms with van der Waals surface area (Å²) in [6.45, 7) is 0.602. The van der Waals surface area contributed by atoms with Crippen molar-refractivity contribution in [1.82, 2.24) is 5.32 Å². The van der Waals surface area contributed by atoms with Gasteiger partial charge in [0.1, 0.15) is 0 Å². The van der Waals surface area contributed by atoms with E-state index in [-0.39, 0.29) is 12.5 Å². The van der Waals surface area contributed by atoms with Gasteiger partial charge in [0.2, 0.25) is 6.41 Å². The van der Waals surface area contributed by atoms with E-state index in [0.717, 1.165) is 0 Å². The van der Waals surface area contributed by atoms with Crippen LogP contribution in [0.2, 0.25) is 0 Å². The highest BCUT2D eigenvalue weighted by Crippen LogP contribution is 1.98. The molecule has 0 aliphatic rings. The predicted molar refractivity (Wildman–Crippen MR) is 48.1 cm³/mol. The zero-order valence-corrected chi connectivity index (χ0v) is 8.28. The van der Waals surface area contributed by atoms with Crippen molar-refractivity contribution in [2.24, 2.45) is 0 Å². The van der Waals surface area contributed by atoms with E-state index in [1.165, 1.54) is 0 Å². The van der Waals surface area contributed by atoms with E-state index in [0.29, 0.717) is 17.4 Å². The second-order valence-electron chi connectivity index (χ2n) is 4.05. The molecule has 0 aromatic carbocycles. The number of nitrogens with one attached hydrogen (secondary N) is 1. The van der Waals surface area contributed by atoms with Crippen LogP contribution in [0.5, 0.6) is 0 Å². The maximum atomic E-state index is 10.4. The highest BCUT2D eigenvalue weighted by molar-refractivity contribution is 5.68. The summed E-state index contributed by atoms with van der Waals surface area (Å²) < 4.78 is 0.624. The van der Waals surface area contributed by atoms with Crippen LogP contribution in [-0.2, 0) is 9.59 Å². The summed E-state index contributed by atoms with van der Waals surface area (Å²) >= 11 is 0. The number of carbonyl (C=O) groups excluding carboxylic acids is 1. The van der Waals surface area contributed by atoms with Gasteiger partial charge >= 0.3 is 5.97 Å². The van der Waals surface area contributed by atoms with Crippen molar-refractivity contribution in [3.8, 4) is 0 Å². The molecule has 0 saturated heterocycles. The van der Waals surface area contributed by atoms with Crippen LogP contribution in [0.15, 0.2) is 0 Å². The van der Waals surface area contributed by atoms with Gasteiger partial charge in [-0.15, -0.1) is 0 Å². The van der Waals surface area contributed by atoms with Gasteiger partial charge in [-0.2, -0.15) is 0 Å². The first-order valence-electron chi connectivity index (χ1n) is 4.07. The molecule has 0 aromatic heterocycles. The largest absolute Gasteiger partial charge is 0.481 e. The molecule has 76 valence electrons. The number of carboxylic acids is 1. The van der Waals surface area contributed by atoms with Crippen LogP contribution in [0.4, 0.5) is 0 Å². The number of amides is 1. The van der Waals surface area contributed by atoms with Crippen LogP contribution in [-0.4, -0.2) is 55.7 Å². The fourth-order valence-corrected chi connectivity index (χ4v) is 1.14. The summed E-state index contributed by atoms with van der Waals surface area (Å²) in [7, 11) is 5.84. The zero-order chi connectivity index (χ0) is 10.5. The molecule has 0 bridgehead atoms. The number of hydrogen-bond donors (Lipinski definition) is 2. The predicted octanol–water partition coefficient (Wildman–Crippen LogP) is -0.718. The van der Waals surface area contributed by atoms with Gasteiger partial charge in [-0.1, -0.05) is 0 Å². The minimum absolute atomic E-state index is 0.0335. The molecular weight excluding hydrogens is 172 g/mol. The molecule has 1 amide bonds. The quantitative estimate of drug-likeness (QED) is 0.428. The van der Waals surface area contributed by atoms with Crippen molar-refractivity contribution in [3.63, 3.8) is 0 Å². The number of hydrogen-bond acceptors (Lipinski definition) is 2. The summed E-state index contributed by atoms with van der Waals surface area (Å²) in [5.74, 6) is -0.896. The topological polar surface area (TPSA) is 66.4 Å². The summed E-state index contributed by atoms with van der Waals surface area (Å²) in [6, 6.07) is -0.296. The van der Waals surface area contributed by atoms with Crippen LogP contribution in [0.25, 0.3) is 0 Å². The van der Waals surface area contributed by atoms with E-state index in [9.17, 15) is 9.59 Å². The number of quaternary nitrogens is 1. The smallest absolute Gasteiger partial charge is 0.305 e. The molecule has 5 heteroatoms. The lowest BCUT2D eigenvalue weighted by Gasteiger charge is -2.28. The van der Waals surface area contributed by atoms with Gasteiger partial charge in [-0.25, -0.2) is 0 Å². The van der Waals surface area contributed by atoms with Crippen LogP contribution in [0.3, 0.4) is 0 Å². The first kappa shape index (κ1) is 11.9. The van der Waals surface area contributed by atoms with Crippen molar-refractivity contribution in [1.29, 1.82) is 0 Å². The van der Waals surface area contributed by atoms with Crippen molar-refractivity contribution in [2.75, 3.05) is 27.7 Å². The number of nitrogens with zero attached hydrogens (tertiary/aromatic N) is 1. The molecule has 0 radical (unpaired) electrons. The molecule has 5 nitrogen and oxygen atoms in total. The van der Waals surface area contributed by atoms with E-state index in [1.807, 2.05) is 21.1 Å². The maximum absolute atomic E-state index is 10.4. The Labute approximate surface area is 77.9 Å². The Morgan fingerprint density at radius 3 is 2.38 bits per heavy atom. The van der Waals surface area contributed by atoms with Crippen LogP contribution in [0.1, 0.15) is 6.42 Å². The SMILES string of the molecule is C[N+](C)(C)C[C@@H](CC(=O)O)NC=O. The molecule has 2 N–H and O–H groups in total. The zero-order valence-electron chi connectivity index (χ0n) is 8.28. The van der Waals surface area contributed by atoms with E-state index in [1.54, 1.807) is 0 Å². The fraction of sp³-hybridized carbons (Fsp3) is 0.750. The molecule has 0 rings (SSSR count). The standard InChI is InChI=1S/C8H16N2O3/c1-10(2,3)5-7(9-6-11)4-8(12)13/h6-7H,4-5H2,1-3H3,(H-,9,11,12,13)/p+1/t7-/m1/s1.